The highest BCUT2D eigenvalue weighted by atomic mass is 32.2. The van der Waals surface area contributed by atoms with Crippen molar-refractivity contribution in [1.29, 1.82) is 0 Å². The molecule has 1 aliphatic heterocycles. The van der Waals surface area contributed by atoms with Crippen LogP contribution in [0.1, 0.15) is 38.9 Å². The van der Waals surface area contributed by atoms with Gasteiger partial charge in [0.25, 0.3) is 5.91 Å². The highest BCUT2D eigenvalue weighted by Gasteiger charge is 2.45. The van der Waals surface area contributed by atoms with Crippen LogP contribution in [0.4, 0.5) is 9.52 Å². The van der Waals surface area contributed by atoms with Crippen molar-refractivity contribution in [2.75, 3.05) is 12.0 Å². The average Bonchev–Trinajstić information content (AvgIpc) is 3.51. The van der Waals surface area contributed by atoms with Crippen molar-refractivity contribution in [2.24, 2.45) is 0 Å². The number of hydrogen-bond acceptors (Lipinski definition) is 8. The second kappa shape index (κ2) is 9.70. The topological polar surface area (TPSA) is 85.5 Å². The molecule has 3 aromatic carbocycles. The molecule has 2 aromatic heterocycles. The van der Waals surface area contributed by atoms with Gasteiger partial charge in [-0.25, -0.2) is 4.39 Å². The number of carbonyl (C=O) groups excluding carboxylic acids is 1. The molecule has 190 valence electrons. The molecule has 0 saturated heterocycles. The molecule has 0 radical (unpaired) electrons. The van der Waals surface area contributed by atoms with E-state index in [-0.39, 0.29) is 22.3 Å². The van der Waals surface area contributed by atoms with Gasteiger partial charge >= 0.3 is 0 Å². The van der Waals surface area contributed by atoms with Gasteiger partial charge in [-0.3, -0.25) is 14.5 Å². The molecule has 0 saturated carbocycles. The van der Waals surface area contributed by atoms with Crippen LogP contribution < -0.4 is 15.1 Å². The molecule has 1 aliphatic rings. The average molecular weight is 546 g/mol. The Morgan fingerprint density at radius 3 is 2.68 bits per heavy atom. The summed E-state index contributed by atoms with van der Waals surface area (Å²) in [6.07, 6.45) is 0. The van der Waals surface area contributed by atoms with E-state index in [1.165, 1.54) is 52.8 Å². The summed E-state index contributed by atoms with van der Waals surface area (Å²) in [4.78, 5) is 28.8. The summed E-state index contributed by atoms with van der Waals surface area (Å²) in [6.45, 7) is 2.04. The predicted molar refractivity (Wildman–Crippen MR) is 145 cm³/mol. The second-order valence-corrected chi connectivity index (χ2v) is 11.0. The Hall–Kier alpha value is -4.02. The number of ether oxygens (including phenoxy) is 1. The molecular weight excluding hydrogens is 525 g/mol. The van der Waals surface area contributed by atoms with Gasteiger partial charge in [0.05, 0.1) is 24.1 Å². The zero-order valence-electron chi connectivity index (χ0n) is 20.3. The van der Waals surface area contributed by atoms with E-state index in [0.717, 1.165) is 11.6 Å². The van der Waals surface area contributed by atoms with E-state index in [9.17, 15) is 14.0 Å². The van der Waals surface area contributed by atoms with Crippen LogP contribution >= 0.6 is 23.1 Å². The van der Waals surface area contributed by atoms with Crippen molar-refractivity contribution < 1.29 is 18.3 Å². The number of halogens is 1. The van der Waals surface area contributed by atoms with Crippen LogP contribution in [0.15, 0.2) is 80.3 Å². The molecule has 1 unspecified atom stereocenters. The van der Waals surface area contributed by atoms with Crippen LogP contribution in [0.25, 0.3) is 11.0 Å². The van der Waals surface area contributed by atoms with Crippen molar-refractivity contribution in [3.05, 3.63) is 111 Å². The summed E-state index contributed by atoms with van der Waals surface area (Å²) in [6, 6.07) is 18.2. The fourth-order valence-corrected chi connectivity index (χ4v) is 6.28. The van der Waals surface area contributed by atoms with Crippen LogP contribution in [0.2, 0.25) is 0 Å². The Morgan fingerprint density at radius 2 is 1.89 bits per heavy atom. The maximum Gasteiger partial charge on any atom is 0.297 e. The maximum absolute atomic E-state index is 14.0. The quantitative estimate of drug-likeness (QED) is 0.187. The van der Waals surface area contributed by atoms with Gasteiger partial charge in [-0.15, -0.1) is 10.2 Å². The lowest BCUT2D eigenvalue weighted by Gasteiger charge is -2.22. The molecule has 0 fully saturated rings. The second-order valence-electron chi connectivity index (χ2n) is 8.79. The van der Waals surface area contributed by atoms with E-state index in [4.69, 9.17) is 9.15 Å². The third kappa shape index (κ3) is 4.25. The monoisotopic (exact) mass is 545 g/mol. The van der Waals surface area contributed by atoms with Crippen LogP contribution in [0, 0.1) is 12.7 Å². The molecule has 0 spiro atoms. The number of nitrogens with zero attached hydrogens (tertiary/aromatic N) is 3. The number of aromatic nitrogens is 2. The number of methoxy groups -OCH3 is 1. The SMILES string of the molecule is COc1cccc(C2c3c(oc4ccc(F)cc4c3=O)C(=O)N2c2nnc(SCc3ccc(C)cc3)s2)c1. The van der Waals surface area contributed by atoms with E-state index < -0.39 is 23.2 Å². The number of aryl methyl sites for hydroxylation is 1. The van der Waals surface area contributed by atoms with E-state index in [1.54, 1.807) is 24.3 Å². The summed E-state index contributed by atoms with van der Waals surface area (Å²) in [7, 11) is 1.54. The molecule has 10 heteroatoms. The summed E-state index contributed by atoms with van der Waals surface area (Å²) < 4.78 is 26.0. The Kier molecular flexibility index (Phi) is 6.21. The summed E-state index contributed by atoms with van der Waals surface area (Å²) in [5, 5.41) is 9.00. The minimum atomic E-state index is -0.848. The number of thioether (sulfide) groups is 1. The van der Waals surface area contributed by atoms with E-state index in [2.05, 4.69) is 34.5 Å². The molecule has 6 rings (SSSR count). The van der Waals surface area contributed by atoms with Gasteiger partial charge in [-0.1, -0.05) is 65.1 Å². The van der Waals surface area contributed by atoms with Crippen LogP contribution in [0.5, 0.6) is 5.75 Å². The van der Waals surface area contributed by atoms with Crippen LogP contribution in [-0.4, -0.2) is 23.2 Å². The standard InChI is InChI=1S/C28H20FN3O4S2/c1-15-6-8-16(9-7-15)14-37-28-31-30-27(38-28)32-23(17-4-3-5-19(12-17)35-2)22-24(33)20-13-18(29)10-11-21(20)36-25(22)26(32)34/h3-13,23H,14H2,1-2H3. The third-order valence-electron chi connectivity index (χ3n) is 6.33. The molecule has 0 bridgehead atoms. The molecule has 0 aliphatic carbocycles. The number of rotatable bonds is 6. The molecule has 1 amide bonds. The lowest BCUT2D eigenvalue weighted by molar-refractivity contribution is 0.0970. The number of benzene rings is 3. The number of anilines is 1. The summed E-state index contributed by atoms with van der Waals surface area (Å²) in [5.74, 6) is 0.0853. The van der Waals surface area contributed by atoms with Crippen molar-refractivity contribution in [2.45, 2.75) is 23.1 Å². The zero-order valence-corrected chi connectivity index (χ0v) is 21.9. The fraction of sp³-hybridized carbons (Fsp3) is 0.143. The largest absolute Gasteiger partial charge is 0.497 e. The third-order valence-corrected chi connectivity index (χ3v) is 8.45. The van der Waals surface area contributed by atoms with E-state index >= 15 is 0 Å². The minimum Gasteiger partial charge on any atom is -0.497 e. The predicted octanol–water partition coefficient (Wildman–Crippen LogP) is 6.14. The molecule has 3 heterocycles. The Labute approximate surface area is 224 Å². The molecule has 0 N–H and O–H groups in total. The first-order chi connectivity index (χ1) is 18.4. The number of amides is 1. The van der Waals surface area contributed by atoms with Gasteiger partial charge < -0.3 is 9.15 Å². The normalized spacial score (nSPS) is 14.8. The van der Waals surface area contributed by atoms with Crippen molar-refractivity contribution in [1.82, 2.24) is 10.2 Å². The van der Waals surface area contributed by atoms with Crippen LogP contribution in [0.3, 0.4) is 0 Å². The van der Waals surface area contributed by atoms with Gasteiger partial charge in [-0.2, -0.15) is 0 Å². The first kappa shape index (κ1) is 24.3. The van der Waals surface area contributed by atoms with Crippen molar-refractivity contribution in [3.8, 4) is 5.75 Å². The lowest BCUT2D eigenvalue weighted by Crippen LogP contribution is -2.29. The highest BCUT2D eigenvalue weighted by Crippen LogP contribution is 2.43. The first-order valence-electron chi connectivity index (χ1n) is 11.7. The van der Waals surface area contributed by atoms with E-state index in [1.807, 2.05) is 6.92 Å². The number of carbonyl (C=O) groups is 1. The smallest absolute Gasteiger partial charge is 0.297 e. The molecule has 5 aromatic rings. The Bertz CT molecular complexity index is 1750. The molecule has 38 heavy (non-hydrogen) atoms. The van der Waals surface area contributed by atoms with E-state index in [0.29, 0.717) is 26.5 Å². The van der Waals surface area contributed by atoms with Gasteiger partial charge in [0.1, 0.15) is 17.1 Å². The number of hydrogen-bond donors (Lipinski definition) is 0. The number of fused-ring (bicyclic) bond motifs is 2. The van der Waals surface area contributed by atoms with Gasteiger partial charge in [0.2, 0.25) is 10.9 Å². The Balaban J connectivity index is 1.44. The van der Waals surface area contributed by atoms with Crippen molar-refractivity contribution >= 4 is 45.1 Å². The Morgan fingerprint density at radius 1 is 1.08 bits per heavy atom. The summed E-state index contributed by atoms with van der Waals surface area (Å²) >= 11 is 2.77. The molecule has 1 atom stereocenters. The molecular formula is C28H20FN3O4S2. The lowest BCUT2D eigenvalue weighted by atomic mass is 9.98. The summed E-state index contributed by atoms with van der Waals surface area (Å²) in [5.41, 5.74) is 2.76. The van der Waals surface area contributed by atoms with Crippen molar-refractivity contribution in [3.63, 3.8) is 0 Å². The highest BCUT2D eigenvalue weighted by molar-refractivity contribution is 8.00. The van der Waals surface area contributed by atoms with Gasteiger partial charge in [0.15, 0.2) is 9.77 Å². The fourth-order valence-electron chi connectivity index (χ4n) is 4.46. The maximum atomic E-state index is 14.0. The molecule has 7 nitrogen and oxygen atoms in total. The van der Waals surface area contributed by atoms with Crippen LogP contribution in [-0.2, 0) is 5.75 Å². The van der Waals surface area contributed by atoms with Gasteiger partial charge in [-0.05, 0) is 48.4 Å². The van der Waals surface area contributed by atoms with Gasteiger partial charge in [0, 0.05) is 5.75 Å². The minimum absolute atomic E-state index is 0.0675. The zero-order chi connectivity index (χ0) is 26.4. The first-order valence-corrected chi connectivity index (χ1v) is 13.5.